The van der Waals surface area contributed by atoms with Crippen molar-refractivity contribution in [2.75, 3.05) is 5.75 Å². The van der Waals surface area contributed by atoms with E-state index in [2.05, 4.69) is 9.97 Å². The highest BCUT2D eigenvalue weighted by Crippen LogP contribution is 2.27. The number of nitrogens with two attached hydrogens (primary N) is 1. The lowest BCUT2D eigenvalue weighted by Gasteiger charge is -2.26. The van der Waals surface area contributed by atoms with Crippen LogP contribution in [0.15, 0.2) is 17.6 Å². The van der Waals surface area contributed by atoms with E-state index in [4.69, 9.17) is 5.73 Å². The zero-order valence-electron chi connectivity index (χ0n) is 8.98. The number of H-pyrrole nitrogens is 1. The molecule has 0 amide bonds. The number of hydrogen-bond acceptors (Lipinski definition) is 3. The minimum Gasteiger partial charge on any atom is -0.340 e. The smallest absolute Gasteiger partial charge is 0.165 e. The number of aromatic amines is 1. The van der Waals surface area contributed by atoms with Gasteiger partial charge in [-0.15, -0.1) is 0 Å². The first-order valence-electron chi connectivity index (χ1n) is 5.74. The van der Waals surface area contributed by atoms with Gasteiger partial charge in [-0.1, -0.05) is 31.0 Å². The summed E-state index contributed by atoms with van der Waals surface area (Å²) in [6, 6.07) is 0.334. The van der Waals surface area contributed by atoms with Crippen molar-refractivity contribution in [3.63, 3.8) is 0 Å². The molecule has 1 unspecified atom stereocenters. The van der Waals surface area contributed by atoms with Crippen LogP contribution in [0.5, 0.6) is 0 Å². The molecule has 15 heavy (non-hydrogen) atoms. The summed E-state index contributed by atoms with van der Waals surface area (Å²) in [7, 11) is 0. The van der Waals surface area contributed by atoms with Crippen LogP contribution < -0.4 is 5.73 Å². The van der Waals surface area contributed by atoms with Gasteiger partial charge in [0.15, 0.2) is 5.16 Å². The summed E-state index contributed by atoms with van der Waals surface area (Å²) in [4.78, 5) is 7.28. The van der Waals surface area contributed by atoms with Crippen molar-refractivity contribution < 1.29 is 0 Å². The maximum atomic E-state index is 6.20. The fourth-order valence-corrected chi connectivity index (χ4v) is 3.11. The van der Waals surface area contributed by atoms with Crippen LogP contribution in [-0.2, 0) is 0 Å². The van der Waals surface area contributed by atoms with Crippen molar-refractivity contribution >= 4 is 11.8 Å². The van der Waals surface area contributed by atoms with E-state index in [9.17, 15) is 0 Å². The lowest BCUT2D eigenvalue weighted by molar-refractivity contribution is 0.319. The second kappa shape index (κ2) is 5.56. The molecule has 1 aliphatic carbocycles. The number of hydrogen-bond donors (Lipinski definition) is 2. The van der Waals surface area contributed by atoms with Gasteiger partial charge in [0.25, 0.3) is 0 Å². The molecule has 1 aromatic rings. The number of aromatic nitrogens is 2. The highest BCUT2D eigenvalue weighted by Gasteiger charge is 2.20. The van der Waals surface area contributed by atoms with Crippen LogP contribution in [-0.4, -0.2) is 21.8 Å². The highest BCUT2D eigenvalue weighted by molar-refractivity contribution is 7.99. The standard InChI is InChI=1S/C11H19N3S/c12-10(9-4-2-1-3-5-9)8-15-11-13-6-7-14-11/h6-7,9-10H,1-5,8,12H2,(H,13,14). The van der Waals surface area contributed by atoms with Gasteiger partial charge in [-0.3, -0.25) is 0 Å². The Kier molecular flexibility index (Phi) is 4.09. The lowest BCUT2D eigenvalue weighted by atomic mass is 9.85. The summed E-state index contributed by atoms with van der Waals surface area (Å²) in [6.45, 7) is 0. The summed E-state index contributed by atoms with van der Waals surface area (Å²) in [5.74, 6) is 1.72. The van der Waals surface area contributed by atoms with Crippen molar-refractivity contribution in [1.82, 2.24) is 9.97 Å². The minimum absolute atomic E-state index is 0.334. The maximum absolute atomic E-state index is 6.20. The third kappa shape index (κ3) is 3.24. The fourth-order valence-electron chi connectivity index (χ4n) is 2.20. The van der Waals surface area contributed by atoms with Gasteiger partial charge in [-0.2, -0.15) is 0 Å². The van der Waals surface area contributed by atoms with Crippen molar-refractivity contribution in [2.45, 2.75) is 43.3 Å². The van der Waals surface area contributed by atoms with Crippen LogP contribution in [0.4, 0.5) is 0 Å². The molecule has 0 aromatic carbocycles. The summed E-state index contributed by atoms with van der Waals surface area (Å²) in [6.07, 6.45) is 10.4. The van der Waals surface area contributed by atoms with E-state index < -0.39 is 0 Å². The zero-order valence-corrected chi connectivity index (χ0v) is 9.80. The third-order valence-electron chi connectivity index (χ3n) is 3.14. The molecule has 1 aromatic heterocycles. The topological polar surface area (TPSA) is 54.7 Å². The molecule has 1 fully saturated rings. The molecule has 1 heterocycles. The zero-order chi connectivity index (χ0) is 10.5. The number of rotatable bonds is 4. The number of nitrogens with zero attached hydrogens (tertiary/aromatic N) is 1. The van der Waals surface area contributed by atoms with Gasteiger partial charge in [0.1, 0.15) is 0 Å². The van der Waals surface area contributed by atoms with Gasteiger partial charge < -0.3 is 10.7 Å². The Morgan fingerprint density at radius 2 is 2.27 bits per heavy atom. The molecule has 0 radical (unpaired) electrons. The summed E-state index contributed by atoms with van der Waals surface area (Å²) >= 11 is 1.74. The molecule has 84 valence electrons. The van der Waals surface area contributed by atoms with Crippen molar-refractivity contribution in [1.29, 1.82) is 0 Å². The molecule has 0 aliphatic heterocycles. The molecule has 0 bridgehead atoms. The maximum Gasteiger partial charge on any atom is 0.165 e. The molecule has 3 nitrogen and oxygen atoms in total. The Morgan fingerprint density at radius 3 is 2.93 bits per heavy atom. The monoisotopic (exact) mass is 225 g/mol. The number of thioether (sulfide) groups is 1. The molecular weight excluding hydrogens is 206 g/mol. The van der Waals surface area contributed by atoms with Gasteiger partial charge in [0, 0.05) is 24.2 Å². The van der Waals surface area contributed by atoms with E-state index >= 15 is 0 Å². The fraction of sp³-hybridized carbons (Fsp3) is 0.727. The van der Waals surface area contributed by atoms with Crippen LogP contribution >= 0.6 is 11.8 Å². The van der Waals surface area contributed by atoms with Crippen molar-refractivity contribution in [3.05, 3.63) is 12.4 Å². The Bertz CT molecular complexity index is 267. The molecule has 1 aliphatic rings. The second-order valence-corrected chi connectivity index (χ2v) is 5.28. The predicted molar refractivity (Wildman–Crippen MR) is 63.9 cm³/mol. The molecule has 4 heteroatoms. The van der Waals surface area contributed by atoms with Crippen molar-refractivity contribution in [3.8, 4) is 0 Å². The van der Waals surface area contributed by atoms with E-state index in [0.29, 0.717) is 6.04 Å². The van der Waals surface area contributed by atoms with E-state index in [1.807, 2.05) is 6.20 Å². The molecule has 2 rings (SSSR count). The first kappa shape index (κ1) is 11.0. The highest BCUT2D eigenvalue weighted by atomic mass is 32.2. The van der Waals surface area contributed by atoms with Gasteiger partial charge in [-0.05, 0) is 18.8 Å². The summed E-state index contributed by atoms with van der Waals surface area (Å²) < 4.78 is 0. The molecular formula is C11H19N3S. The Balaban J connectivity index is 1.74. The van der Waals surface area contributed by atoms with E-state index in [1.54, 1.807) is 18.0 Å². The summed E-state index contributed by atoms with van der Waals surface area (Å²) in [5, 5.41) is 0.987. The quantitative estimate of drug-likeness (QED) is 0.774. The van der Waals surface area contributed by atoms with Gasteiger partial charge in [0.05, 0.1) is 0 Å². The van der Waals surface area contributed by atoms with E-state index in [0.717, 1.165) is 16.8 Å². The van der Waals surface area contributed by atoms with E-state index in [1.165, 1.54) is 32.1 Å². The predicted octanol–water partition coefficient (Wildman–Crippen LogP) is 2.41. The average Bonchev–Trinajstić information content (AvgIpc) is 2.80. The molecule has 3 N–H and O–H groups in total. The van der Waals surface area contributed by atoms with Crippen LogP contribution in [0.25, 0.3) is 0 Å². The third-order valence-corrected chi connectivity index (χ3v) is 4.19. The van der Waals surface area contributed by atoms with E-state index in [-0.39, 0.29) is 0 Å². The molecule has 1 atom stereocenters. The number of nitrogens with one attached hydrogen (secondary N) is 1. The first-order valence-corrected chi connectivity index (χ1v) is 6.72. The van der Waals surface area contributed by atoms with Crippen LogP contribution in [0, 0.1) is 5.92 Å². The van der Waals surface area contributed by atoms with Crippen LogP contribution in [0.2, 0.25) is 0 Å². The number of imidazole rings is 1. The van der Waals surface area contributed by atoms with Crippen molar-refractivity contribution in [2.24, 2.45) is 11.7 Å². The average molecular weight is 225 g/mol. The SMILES string of the molecule is NC(CSc1ncc[nH]1)C1CCCCC1. The Hall–Kier alpha value is -0.480. The van der Waals surface area contributed by atoms with Gasteiger partial charge in [-0.25, -0.2) is 4.98 Å². The lowest BCUT2D eigenvalue weighted by Crippen LogP contribution is -2.33. The summed E-state index contributed by atoms with van der Waals surface area (Å²) in [5.41, 5.74) is 6.20. The van der Waals surface area contributed by atoms with Gasteiger partial charge >= 0.3 is 0 Å². The molecule has 0 saturated heterocycles. The molecule has 0 spiro atoms. The first-order chi connectivity index (χ1) is 7.36. The van der Waals surface area contributed by atoms with Crippen LogP contribution in [0.1, 0.15) is 32.1 Å². The Morgan fingerprint density at radius 1 is 1.47 bits per heavy atom. The van der Waals surface area contributed by atoms with Crippen LogP contribution in [0.3, 0.4) is 0 Å². The molecule has 1 saturated carbocycles. The van der Waals surface area contributed by atoms with Gasteiger partial charge in [0.2, 0.25) is 0 Å². The normalized spacial score (nSPS) is 20.3. The Labute approximate surface area is 95.2 Å². The minimum atomic E-state index is 0.334. The largest absolute Gasteiger partial charge is 0.340 e. The second-order valence-electron chi connectivity index (χ2n) is 4.27.